The summed E-state index contributed by atoms with van der Waals surface area (Å²) in [6.45, 7) is 2.20. The molecule has 0 spiro atoms. The first-order valence-electron chi connectivity index (χ1n) is 4.76. The van der Waals surface area contributed by atoms with Crippen LogP contribution in [0.1, 0.15) is 39.0 Å². The molecule has 0 saturated heterocycles. The number of alkyl halides is 1. The Hall–Kier alpha value is -0.230. The lowest BCUT2D eigenvalue weighted by molar-refractivity contribution is 0.705. The highest BCUT2D eigenvalue weighted by Crippen LogP contribution is 2.23. The van der Waals surface area contributed by atoms with E-state index in [1.54, 1.807) is 5.57 Å². The monoisotopic (exact) mass is 184 g/mol. The van der Waals surface area contributed by atoms with Gasteiger partial charge in [0.1, 0.15) is 0 Å². The molecule has 0 N–H and O–H groups in total. The summed E-state index contributed by atoms with van der Waals surface area (Å²) in [4.78, 5) is 0. The van der Waals surface area contributed by atoms with Crippen LogP contribution in [0, 0.1) is 0 Å². The number of hydrogen-bond acceptors (Lipinski definition) is 0. The summed E-state index contributed by atoms with van der Waals surface area (Å²) in [6.07, 6.45) is 10.9. The third-order valence-electron chi connectivity index (χ3n) is 2.36. The first kappa shape index (κ1) is 9.85. The van der Waals surface area contributed by atoms with E-state index in [4.69, 9.17) is 11.6 Å². The van der Waals surface area contributed by atoms with Crippen molar-refractivity contribution < 1.29 is 0 Å². The van der Waals surface area contributed by atoms with E-state index in [-0.39, 0.29) is 0 Å². The van der Waals surface area contributed by atoms with Crippen molar-refractivity contribution in [3.8, 4) is 0 Å². The quantitative estimate of drug-likeness (QED) is 0.581. The third-order valence-corrected chi connectivity index (χ3v) is 2.58. The van der Waals surface area contributed by atoms with E-state index >= 15 is 0 Å². The zero-order chi connectivity index (χ0) is 8.81. The maximum absolute atomic E-state index is 5.62. The summed E-state index contributed by atoms with van der Waals surface area (Å²) in [5.74, 6) is 0.741. The van der Waals surface area contributed by atoms with E-state index in [0.29, 0.717) is 0 Å². The van der Waals surface area contributed by atoms with Crippen molar-refractivity contribution in [3.05, 3.63) is 23.3 Å². The second-order valence-corrected chi connectivity index (χ2v) is 3.72. The highest BCUT2D eigenvalue weighted by atomic mass is 35.5. The summed E-state index contributed by atoms with van der Waals surface area (Å²) >= 11 is 5.62. The Kier molecular flexibility index (Phi) is 4.45. The van der Waals surface area contributed by atoms with Gasteiger partial charge in [-0.05, 0) is 44.6 Å². The predicted octanol–water partition coefficient (Wildman–Crippen LogP) is 4.06. The Morgan fingerprint density at radius 3 is 3.00 bits per heavy atom. The summed E-state index contributed by atoms with van der Waals surface area (Å²) in [5.41, 5.74) is 2.99. The van der Waals surface area contributed by atoms with Gasteiger partial charge >= 0.3 is 0 Å². The molecule has 0 aromatic heterocycles. The van der Waals surface area contributed by atoms with Gasteiger partial charge in [-0.2, -0.15) is 0 Å². The van der Waals surface area contributed by atoms with Crippen LogP contribution in [0.3, 0.4) is 0 Å². The second-order valence-electron chi connectivity index (χ2n) is 3.34. The molecule has 68 valence electrons. The lowest BCUT2D eigenvalue weighted by Gasteiger charge is -2.12. The van der Waals surface area contributed by atoms with Gasteiger partial charge in [-0.15, -0.1) is 11.6 Å². The second kappa shape index (κ2) is 5.42. The van der Waals surface area contributed by atoms with Crippen molar-refractivity contribution in [1.29, 1.82) is 0 Å². The minimum absolute atomic E-state index is 0.741. The van der Waals surface area contributed by atoms with E-state index in [2.05, 4.69) is 19.1 Å². The van der Waals surface area contributed by atoms with Gasteiger partial charge in [0.2, 0.25) is 0 Å². The maximum Gasteiger partial charge on any atom is 0.0258 e. The molecule has 1 aliphatic carbocycles. The molecule has 1 aliphatic rings. The fourth-order valence-corrected chi connectivity index (χ4v) is 1.71. The van der Waals surface area contributed by atoms with Gasteiger partial charge < -0.3 is 0 Å². The molecular formula is C11H17Cl. The van der Waals surface area contributed by atoms with Crippen molar-refractivity contribution >= 4 is 11.6 Å². The number of hydrogen-bond donors (Lipinski definition) is 0. The van der Waals surface area contributed by atoms with E-state index in [0.717, 1.165) is 12.3 Å². The number of halogens is 1. The van der Waals surface area contributed by atoms with Crippen LogP contribution in [0.4, 0.5) is 0 Å². The molecule has 0 atom stereocenters. The van der Waals surface area contributed by atoms with Crippen LogP contribution < -0.4 is 0 Å². The fraction of sp³-hybridized carbons (Fsp3) is 0.636. The summed E-state index contributed by atoms with van der Waals surface area (Å²) in [5, 5.41) is 0. The molecule has 0 aromatic rings. The molecule has 0 radical (unpaired) electrons. The average molecular weight is 185 g/mol. The number of allylic oxidation sites excluding steroid dienone is 4. The topological polar surface area (TPSA) is 0 Å². The summed E-state index contributed by atoms with van der Waals surface area (Å²) in [7, 11) is 0. The van der Waals surface area contributed by atoms with Gasteiger partial charge in [0.05, 0.1) is 0 Å². The molecule has 0 heterocycles. The van der Waals surface area contributed by atoms with Gasteiger partial charge in [0.15, 0.2) is 0 Å². The molecule has 0 fully saturated rings. The van der Waals surface area contributed by atoms with Crippen molar-refractivity contribution in [2.75, 3.05) is 5.88 Å². The van der Waals surface area contributed by atoms with Crippen LogP contribution in [-0.4, -0.2) is 5.88 Å². The summed E-state index contributed by atoms with van der Waals surface area (Å²) < 4.78 is 0. The normalized spacial score (nSPS) is 19.2. The zero-order valence-electron chi connectivity index (χ0n) is 7.78. The average Bonchev–Trinajstić information content (AvgIpc) is 2.15. The van der Waals surface area contributed by atoms with E-state index in [1.165, 1.54) is 31.3 Å². The predicted molar refractivity (Wildman–Crippen MR) is 55.6 cm³/mol. The van der Waals surface area contributed by atoms with Gasteiger partial charge in [0, 0.05) is 5.88 Å². The number of rotatable bonds is 3. The van der Waals surface area contributed by atoms with Crippen molar-refractivity contribution in [1.82, 2.24) is 0 Å². The van der Waals surface area contributed by atoms with Gasteiger partial charge in [0.25, 0.3) is 0 Å². The first-order valence-corrected chi connectivity index (χ1v) is 5.30. The molecule has 0 nitrogen and oxygen atoms in total. The van der Waals surface area contributed by atoms with E-state index in [9.17, 15) is 0 Å². The molecule has 1 rings (SSSR count). The van der Waals surface area contributed by atoms with E-state index in [1.807, 2.05) is 0 Å². The minimum Gasteiger partial charge on any atom is -0.126 e. The largest absolute Gasteiger partial charge is 0.126 e. The molecule has 0 unspecified atom stereocenters. The molecule has 12 heavy (non-hydrogen) atoms. The molecule has 0 aliphatic heterocycles. The Balaban J connectivity index is 2.49. The highest BCUT2D eigenvalue weighted by Gasteiger charge is 2.03. The van der Waals surface area contributed by atoms with Crippen LogP contribution in [0.15, 0.2) is 23.3 Å². The molecule has 0 aromatic carbocycles. The van der Waals surface area contributed by atoms with Crippen molar-refractivity contribution in [2.24, 2.45) is 0 Å². The standard InChI is InChI=1S/C11H17Cl/c1-10(6-5-9-12)11-7-3-2-4-8-11/h6-7H,2-5,8-9H2,1H3. The highest BCUT2D eigenvalue weighted by molar-refractivity contribution is 6.17. The lowest BCUT2D eigenvalue weighted by atomic mass is 9.94. The summed E-state index contributed by atoms with van der Waals surface area (Å²) in [6, 6.07) is 0. The Morgan fingerprint density at radius 2 is 2.42 bits per heavy atom. The Morgan fingerprint density at radius 1 is 1.58 bits per heavy atom. The van der Waals surface area contributed by atoms with Gasteiger partial charge in [-0.3, -0.25) is 0 Å². The maximum atomic E-state index is 5.62. The minimum atomic E-state index is 0.741. The molecule has 0 amide bonds. The van der Waals surface area contributed by atoms with Crippen LogP contribution in [-0.2, 0) is 0 Å². The fourth-order valence-electron chi connectivity index (χ4n) is 1.60. The zero-order valence-corrected chi connectivity index (χ0v) is 8.53. The van der Waals surface area contributed by atoms with Gasteiger partial charge in [-0.1, -0.05) is 17.7 Å². The molecule has 1 heteroatoms. The van der Waals surface area contributed by atoms with Crippen molar-refractivity contribution in [2.45, 2.75) is 39.0 Å². The third kappa shape index (κ3) is 3.02. The van der Waals surface area contributed by atoms with Crippen LogP contribution >= 0.6 is 11.6 Å². The Labute approximate surface area is 80.3 Å². The SMILES string of the molecule is CC(=CCCCl)C1=CCCCC1. The molecular weight excluding hydrogens is 168 g/mol. The lowest BCUT2D eigenvalue weighted by Crippen LogP contribution is -1.93. The van der Waals surface area contributed by atoms with Crippen LogP contribution in [0.2, 0.25) is 0 Å². The molecule has 0 saturated carbocycles. The Bertz CT molecular complexity index is 189. The van der Waals surface area contributed by atoms with Crippen LogP contribution in [0.5, 0.6) is 0 Å². The van der Waals surface area contributed by atoms with Gasteiger partial charge in [-0.25, -0.2) is 0 Å². The van der Waals surface area contributed by atoms with E-state index < -0.39 is 0 Å². The molecule has 0 bridgehead atoms. The van der Waals surface area contributed by atoms with Crippen molar-refractivity contribution in [3.63, 3.8) is 0 Å². The smallest absolute Gasteiger partial charge is 0.0258 e. The van der Waals surface area contributed by atoms with Crippen LogP contribution in [0.25, 0.3) is 0 Å². The first-order chi connectivity index (χ1) is 5.84.